The third-order valence-electron chi connectivity index (χ3n) is 4.17. The third-order valence-corrected chi connectivity index (χ3v) is 4.42. The topological polar surface area (TPSA) is 85.2 Å². The van der Waals surface area contributed by atoms with Gasteiger partial charge < -0.3 is 14.2 Å². The van der Waals surface area contributed by atoms with Crippen LogP contribution in [0.15, 0.2) is 57.6 Å². The molecule has 0 saturated carbocycles. The molecule has 0 aliphatic heterocycles. The molecule has 0 aliphatic carbocycles. The van der Waals surface area contributed by atoms with Crippen molar-refractivity contribution in [3.63, 3.8) is 0 Å². The van der Waals surface area contributed by atoms with Gasteiger partial charge in [-0.15, -0.1) is 0 Å². The average Bonchev–Trinajstić information content (AvgIpc) is 3.30. The van der Waals surface area contributed by atoms with Gasteiger partial charge in [-0.1, -0.05) is 63.9 Å². The van der Waals surface area contributed by atoms with Gasteiger partial charge in [0, 0.05) is 16.1 Å². The minimum Gasteiger partial charge on any atom is -0.385 e. The molecule has 27 heavy (non-hydrogen) atoms. The molecule has 0 radical (unpaired) electrons. The smallest absolute Gasteiger partial charge is 0.264 e. The summed E-state index contributed by atoms with van der Waals surface area (Å²) in [5.74, 6) is 0.941. The van der Waals surface area contributed by atoms with Gasteiger partial charge in [-0.2, -0.15) is 4.98 Å². The molecule has 2 aromatic heterocycles. The van der Waals surface area contributed by atoms with E-state index in [2.05, 4.69) is 15.3 Å². The van der Waals surface area contributed by atoms with Gasteiger partial charge >= 0.3 is 0 Å². The van der Waals surface area contributed by atoms with Crippen LogP contribution in [-0.4, -0.2) is 20.4 Å². The second-order valence-corrected chi connectivity index (χ2v) is 6.68. The van der Waals surface area contributed by atoms with Gasteiger partial charge in [0.1, 0.15) is 17.4 Å². The summed E-state index contributed by atoms with van der Waals surface area (Å²) in [4.78, 5) is 4.48. The maximum atomic E-state index is 10.1. The van der Waals surface area contributed by atoms with Crippen LogP contribution in [0.2, 0.25) is 5.02 Å². The number of aryl methyl sites for hydroxylation is 1. The second kappa shape index (κ2) is 6.98. The fourth-order valence-corrected chi connectivity index (χ4v) is 2.87. The van der Waals surface area contributed by atoms with Crippen LogP contribution in [0, 0.1) is 6.92 Å². The summed E-state index contributed by atoms with van der Waals surface area (Å²) < 4.78 is 10.8. The summed E-state index contributed by atoms with van der Waals surface area (Å²) in [6.45, 7) is 3.60. The second-order valence-electron chi connectivity index (χ2n) is 6.24. The number of halogens is 1. The van der Waals surface area contributed by atoms with Gasteiger partial charge in [-0.05, 0) is 26.0 Å². The highest BCUT2D eigenvalue weighted by Gasteiger charge is 2.27. The summed E-state index contributed by atoms with van der Waals surface area (Å²) >= 11 is 5.97. The van der Waals surface area contributed by atoms with E-state index in [1.807, 2.05) is 43.3 Å². The standard InChI is InChI=1S/C20H16ClN3O3/c1-11-3-5-14(6-4-11)19-22-20(27-24-19)16-17(23-26-18(16)12(2)25)13-7-9-15(21)10-8-13/h3-10,12,25H,1-2H3. The number of rotatable bonds is 4. The molecule has 0 amide bonds. The molecule has 1 N–H and O–H groups in total. The highest BCUT2D eigenvalue weighted by Crippen LogP contribution is 2.37. The summed E-state index contributed by atoms with van der Waals surface area (Å²) in [6.07, 6.45) is -0.886. The first-order valence-electron chi connectivity index (χ1n) is 8.37. The Kier molecular flexibility index (Phi) is 4.51. The average molecular weight is 382 g/mol. The van der Waals surface area contributed by atoms with Crippen LogP contribution < -0.4 is 0 Å². The van der Waals surface area contributed by atoms with Crippen molar-refractivity contribution < 1.29 is 14.2 Å². The molecule has 0 bridgehead atoms. The highest BCUT2D eigenvalue weighted by atomic mass is 35.5. The van der Waals surface area contributed by atoms with E-state index >= 15 is 0 Å². The minimum absolute atomic E-state index is 0.229. The molecule has 4 aromatic rings. The predicted molar refractivity (Wildman–Crippen MR) is 101 cm³/mol. The Morgan fingerprint density at radius 3 is 2.26 bits per heavy atom. The summed E-state index contributed by atoms with van der Waals surface area (Å²) in [5.41, 5.74) is 3.71. The van der Waals surface area contributed by atoms with E-state index in [4.69, 9.17) is 20.6 Å². The molecule has 6 nitrogen and oxygen atoms in total. The molecule has 136 valence electrons. The van der Waals surface area contributed by atoms with Gasteiger partial charge in [0.05, 0.1) is 0 Å². The quantitative estimate of drug-likeness (QED) is 0.531. The van der Waals surface area contributed by atoms with Crippen molar-refractivity contribution in [3.8, 4) is 34.1 Å². The van der Waals surface area contributed by atoms with Crippen LogP contribution in [0.25, 0.3) is 34.1 Å². The normalized spacial score (nSPS) is 12.3. The van der Waals surface area contributed by atoms with Crippen molar-refractivity contribution in [1.82, 2.24) is 15.3 Å². The Morgan fingerprint density at radius 1 is 0.926 bits per heavy atom. The fraction of sp³-hybridized carbons (Fsp3) is 0.150. The zero-order valence-corrected chi connectivity index (χ0v) is 15.4. The van der Waals surface area contributed by atoms with E-state index in [0.29, 0.717) is 22.1 Å². The lowest BCUT2D eigenvalue weighted by Gasteiger charge is -2.02. The Bertz CT molecular complexity index is 1070. The maximum Gasteiger partial charge on any atom is 0.264 e. The molecule has 0 fully saturated rings. The predicted octanol–water partition coefficient (Wildman–Crippen LogP) is 5.07. The van der Waals surface area contributed by atoms with Crippen molar-refractivity contribution in [3.05, 3.63) is 64.9 Å². The van der Waals surface area contributed by atoms with Crippen molar-refractivity contribution in [2.75, 3.05) is 0 Å². The van der Waals surface area contributed by atoms with Gasteiger partial charge in [0.2, 0.25) is 5.82 Å². The van der Waals surface area contributed by atoms with Crippen molar-refractivity contribution in [2.24, 2.45) is 0 Å². The van der Waals surface area contributed by atoms with Crippen LogP contribution >= 0.6 is 11.6 Å². The van der Waals surface area contributed by atoms with Gasteiger partial charge in [-0.3, -0.25) is 0 Å². The number of hydrogen-bond donors (Lipinski definition) is 1. The lowest BCUT2D eigenvalue weighted by molar-refractivity contribution is 0.158. The van der Waals surface area contributed by atoms with Crippen molar-refractivity contribution in [1.29, 1.82) is 0 Å². The van der Waals surface area contributed by atoms with E-state index in [1.165, 1.54) is 0 Å². The van der Waals surface area contributed by atoms with Crippen molar-refractivity contribution in [2.45, 2.75) is 20.0 Å². The van der Waals surface area contributed by atoms with Crippen LogP contribution in [0.4, 0.5) is 0 Å². The van der Waals surface area contributed by atoms with E-state index in [0.717, 1.165) is 16.7 Å². The van der Waals surface area contributed by atoms with E-state index in [-0.39, 0.29) is 11.7 Å². The zero-order chi connectivity index (χ0) is 19.0. The van der Waals surface area contributed by atoms with Crippen molar-refractivity contribution >= 4 is 11.6 Å². The van der Waals surface area contributed by atoms with E-state index in [1.54, 1.807) is 19.1 Å². The van der Waals surface area contributed by atoms with E-state index in [9.17, 15) is 5.11 Å². The van der Waals surface area contributed by atoms with Crippen LogP contribution in [0.3, 0.4) is 0 Å². The van der Waals surface area contributed by atoms with Gasteiger partial charge in [-0.25, -0.2) is 0 Å². The molecule has 2 aromatic carbocycles. The number of nitrogens with zero attached hydrogens (tertiary/aromatic N) is 3. The zero-order valence-electron chi connectivity index (χ0n) is 14.7. The van der Waals surface area contributed by atoms with Gasteiger partial charge in [0.25, 0.3) is 5.89 Å². The Hall–Kier alpha value is -2.96. The highest BCUT2D eigenvalue weighted by molar-refractivity contribution is 6.30. The molecule has 7 heteroatoms. The van der Waals surface area contributed by atoms with Gasteiger partial charge in [0.15, 0.2) is 5.76 Å². The number of aromatic nitrogens is 3. The number of benzene rings is 2. The maximum absolute atomic E-state index is 10.1. The fourth-order valence-electron chi connectivity index (χ4n) is 2.74. The monoisotopic (exact) mass is 381 g/mol. The molecular formula is C20H16ClN3O3. The SMILES string of the molecule is Cc1ccc(-c2noc(-c3c(-c4ccc(Cl)cc4)noc3C(C)O)n2)cc1. The lowest BCUT2D eigenvalue weighted by Crippen LogP contribution is -1.93. The van der Waals surface area contributed by atoms with Crippen LogP contribution in [0.5, 0.6) is 0 Å². The third kappa shape index (κ3) is 3.37. The molecular weight excluding hydrogens is 366 g/mol. The molecule has 1 atom stereocenters. The molecule has 1 unspecified atom stereocenters. The molecule has 0 aliphatic rings. The molecule has 0 saturated heterocycles. The molecule has 4 rings (SSSR count). The molecule has 2 heterocycles. The molecule has 0 spiro atoms. The summed E-state index contributed by atoms with van der Waals surface area (Å²) in [7, 11) is 0. The largest absolute Gasteiger partial charge is 0.385 e. The minimum atomic E-state index is -0.886. The first kappa shape index (κ1) is 17.5. The summed E-state index contributed by atoms with van der Waals surface area (Å²) in [5, 5.41) is 18.9. The number of aliphatic hydroxyl groups excluding tert-OH is 1. The number of hydrogen-bond acceptors (Lipinski definition) is 6. The number of aliphatic hydroxyl groups is 1. The first-order chi connectivity index (χ1) is 13.0. The lowest BCUT2D eigenvalue weighted by atomic mass is 10.0. The van der Waals surface area contributed by atoms with E-state index < -0.39 is 6.10 Å². The first-order valence-corrected chi connectivity index (χ1v) is 8.75. The Labute approximate surface area is 160 Å². The Morgan fingerprint density at radius 2 is 1.59 bits per heavy atom. The van der Waals surface area contributed by atoms with Crippen LogP contribution in [0.1, 0.15) is 24.4 Å². The van der Waals surface area contributed by atoms with Crippen LogP contribution in [-0.2, 0) is 0 Å². The summed E-state index contributed by atoms with van der Waals surface area (Å²) in [6, 6.07) is 14.9. The Balaban J connectivity index is 1.82.